The first-order chi connectivity index (χ1) is 11.4. The van der Waals surface area contributed by atoms with Gasteiger partial charge in [0.15, 0.2) is 17.3 Å². The molecule has 6 nitrogen and oxygen atoms in total. The summed E-state index contributed by atoms with van der Waals surface area (Å²) in [4.78, 5) is 29.5. The van der Waals surface area contributed by atoms with Crippen molar-refractivity contribution in [2.75, 3.05) is 19.0 Å². The van der Waals surface area contributed by atoms with Gasteiger partial charge in [0.1, 0.15) is 5.56 Å². The molecular weight excluding hydrogens is 313 g/mol. The number of anilines is 1. The Morgan fingerprint density at radius 1 is 1.25 bits per heavy atom. The largest absolute Gasteiger partial charge is 0.477 e. The van der Waals surface area contributed by atoms with Crippen molar-refractivity contribution in [2.45, 2.75) is 0 Å². The number of nitrogens with zero attached hydrogens (tertiary/aromatic N) is 3. The molecule has 1 aromatic carbocycles. The Bertz CT molecular complexity index is 997. The predicted octanol–water partition coefficient (Wildman–Crippen LogP) is 2.29. The molecule has 0 aliphatic carbocycles. The van der Waals surface area contributed by atoms with E-state index in [1.165, 1.54) is 15.7 Å². The number of benzene rings is 1. The molecule has 0 radical (unpaired) electrons. The smallest absolute Gasteiger partial charge is 0.341 e. The number of carboxylic acid groups (broad SMARTS) is 1. The monoisotopic (exact) mass is 327 g/mol. The average Bonchev–Trinajstić information content (AvgIpc) is 2.55. The van der Waals surface area contributed by atoms with Crippen LogP contribution in [0.3, 0.4) is 0 Å². The number of fused-ring (bicyclic) bond motifs is 1. The van der Waals surface area contributed by atoms with Gasteiger partial charge in [-0.25, -0.2) is 14.2 Å². The van der Waals surface area contributed by atoms with Crippen molar-refractivity contribution in [1.82, 2.24) is 9.55 Å². The number of para-hydroxylation sites is 1. The standard InChI is InChI=1S/C17H14FN3O3/c1-20(2)16-13(18)8-11-14(22)12(17(23)24)9-21(15(11)19-16)10-6-4-3-5-7-10/h3-9H,1-2H3,(H,23,24). The highest BCUT2D eigenvalue weighted by molar-refractivity contribution is 5.92. The highest BCUT2D eigenvalue weighted by Gasteiger charge is 2.19. The van der Waals surface area contributed by atoms with Crippen LogP contribution in [0.25, 0.3) is 16.7 Å². The first-order valence-electron chi connectivity index (χ1n) is 7.12. The van der Waals surface area contributed by atoms with Crippen LogP contribution in [0.5, 0.6) is 0 Å². The van der Waals surface area contributed by atoms with Gasteiger partial charge >= 0.3 is 5.97 Å². The van der Waals surface area contributed by atoms with Gasteiger partial charge in [-0.05, 0) is 18.2 Å². The number of hydrogen-bond donors (Lipinski definition) is 1. The summed E-state index contributed by atoms with van der Waals surface area (Å²) in [6.07, 6.45) is 1.21. The van der Waals surface area contributed by atoms with E-state index in [0.29, 0.717) is 5.69 Å². The van der Waals surface area contributed by atoms with Crippen molar-refractivity contribution in [3.63, 3.8) is 0 Å². The van der Waals surface area contributed by atoms with Gasteiger partial charge < -0.3 is 14.6 Å². The minimum Gasteiger partial charge on any atom is -0.477 e. The summed E-state index contributed by atoms with van der Waals surface area (Å²) in [5.41, 5.74) is -0.387. The molecular formula is C17H14FN3O3. The third-order valence-electron chi connectivity index (χ3n) is 3.60. The van der Waals surface area contributed by atoms with E-state index >= 15 is 0 Å². The molecule has 0 unspecified atom stereocenters. The topological polar surface area (TPSA) is 75.4 Å². The summed E-state index contributed by atoms with van der Waals surface area (Å²) in [6.45, 7) is 0. The normalized spacial score (nSPS) is 10.8. The molecule has 0 fully saturated rings. The molecule has 0 aliphatic heterocycles. The van der Waals surface area contributed by atoms with Gasteiger partial charge in [0.2, 0.25) is 5.43 Å². The zero-order chi connectivity index (χ0) is 17.4. The summed E-state index contributed by atoms with van der Waals surface area (Å²) in [5, 5.41) is 9.19. The lowest BCUT2D eigenvalue weighted by Crippen LogP contribution is -2.21. The Hall–Kier alpha value is -3.22. The minimum absolute atomic E-state index is 0.0645. The highest BCUT2D eigenvalue weighted by atomic mass is 19.1. The Morgan fingerprint density at radius 3 is 2.50 bits per heavy atom. The number of carbonyl (C=O) groups is 1. The van der Waals surface area contributed by atoms with Crippen LogP contribution < -0.4 is 10.3 Å². The molecule has 0 bridgehead atoms. The van der Waals surface area contributed by atoms with Crippen molar-refractivity contribution in [3.8, 4) is 5.69 Å². The number of rotatable bonds is 3. The van der Waals surface area contributed by atoms with Crippen LogP contribution in [-0.4, -0.2) is 34.7 Å². The number of aromatic nitrogens is 2. The van der Waals surface area contributed by atoms with Crippen molar-refractivity contribution < 1.29 is 14.3 Å². The quantitative estimate of drug-likeness (QED) is 0.799. The zero-order valence-electron chi connectivity index (χ0n) is 13.0. The number of aromatic carboxylic acids is 1. The van der Waals surface area contributed by atoms with Crippen molar-refractivity contribution in [3.05, 3.63) is 64.2 Å². The third kappa shape index (κ3) is 2.50. The van der Waals surface area contributed by atoms with Gasteiger partial charge in [0.25, 0.3) is 0 Å². The predicted molar refractivity (Wildman–Crippen MR) is 88.6 cm³/mol. The van der Waals surface area contributed by atoms with E-state index < -0.39 is 22.8 Å². The van der Waals surface area contributed by atoms with Gasteiger partial charge in [-0.1, -0.05) is 18.2 Å². The molecule has 0 atom stereocenters. The van der Waals surface area contributed by atoms with Gasteiger partial charge in [-0.2, -0.15) is 0 Å². The van der Waals surface area contributed by atoms with Crippen LogP contribution in [-0.2, 0) is 0 Å². The SMILES string of the molecule is CN(C)c1nc2c(cc1F)c(=O)c(C(=O)O)cn2-c1ccccc1. The molecule has 24 heavy (non-hydrogen) atoms. The van der Waals surface area contributed by atoms with Crippen LogP contribution in [0.1, 0.15) is 10.4 Å². The first kappa shape index (κ1) is 15.7. The van der Waals surface area contributed by atoms with Gasteiger partial charge in [0.05, 0.1) is 5.39 Å². The Labute approximate surface area is 136 Å². The van der Waals surface area contributed by atoms with Crippen molar-refractivity contribution in [1.29, 1.82) is 0 Å². The highest BCUT2D eigenvalue weighted by Crippen LogP contribution is 2.22. The molecule has 0 saturated heterocycles. The van der Waals surface area contributed by atoms with E-state index in [1.54, 1.807) is 38.4 Å². The number of hydrogen-bond acceptors (Lipinski definition) is 4. The van der Waals surface area contributed by atoms with E-state index in [0.717, 1.165) is 6.07 Å². The number of pyridine rings is 2. The summed E-state index contributed by atoms with van der Waals surface area (Å²) in [6, 6.07) is 9.88. The summed E-state index contributed by atoms with van der Waals surface area (Å²) in [7, 11) is 3.27. The van der Waals surface area contributed by atoms with E-state index in [2.05, 4.69) is 4.98 Å². The summed E-state index contributed by atoms with van der Waals surface area (Å²) in [5.74, 6) is -2.00. The molecule has 3 rings (SSSR count). The van der Waals surface area contributed by atoms with Crippen LogP contribution in [0.2, 0.25) is 0 Å². The van der Waals surface area contributed by atoms with E-state index in [1.807, 2.05) is 6.07 Å². The second-order valence-corrected chi connectivity index (χ2v) is 5.44. The average molecular weight is 327 g/mol. The van der Waals surface area contributed by atoms with Crippen LogP contribution in [0.4, 0.5) is 10.2 Å². The maximum absolute atomic E-state index is 14.2. The molecule has 1 N–H and O–H groups in total. The van der Waals surface area contributed by atoms with Crippen LogP contribution in [0, 0.1) is 5.82 Å². The fourth-order valence-corrected chi connectivity index (χ4v) is 2.47. The molecule has 7 heteroatoms. The fraction of sp³-hybridized carbons (Fsp3) is 0.118. The lowest BCUT2D eigenvalue weighted by atomic mass is 10.1. The Balaban J connectivity index is 2.48. The second-order valence-electron chi connectivity index (χ2n) is 5.44. The lowest BCUT2D eigenvalue weighted by molar-refractivity contribution is 0.0695. The molecule has 0 amide bonds. The molecule has 122 valence electrons. The zero-order valence-corrected chi connectivity index (χ0v) is 13.0. The minimum atomic E-state index is -1.37. The maximum atomic E-state index is 14.2. The molecule has 0 aliphatic rings. The fourth-order valence-electron chi connectivity index (χ4n) is 2.47. The van der Waals surface area contributed by atoms with E-state index in [4.69, 9.17) is 0 Å². The second kappa shape index (κ2) is 5.77. The van der Waals surface area contributed by atoms with Gasteiger partial charge in [-0.3, -0.25) is 4.79 Å². The maximum Gasteiger partial charge on any atom is 0.341 e. The summed E-state index contributed by atoms with van der Waals surface area (Å²) < 4.78 is 15.7. The number of carboxylic acids is 1. The molecule has 2 aromatic heterocycles. The molecule has 0 spiro atoms. The Kier molecular flexibility index (Phi) is 3.76. The van der Waals surface area contributed by atoms with Crippen LogP contribution in [0.15, 0.2) is 47.4 Å². The van der Waals surface area contributed by atoms with Crippen molar-refractivity contribution >= 4 is 22.8 Å². The van der Waals surface area contributed by atoms with Gasteiger partial charge in [0, 0.05) is 26.0 Å². The number of halogens is 1. The molecule has 3 aromatic rings. The summed E-state index contributed by atoms with van der Waals surface area (Å²) >= 11 is 0. The molecule has 2 heterocycles. The third-order valence-corrected chi connectivity index (χ3v) is 3.60. The van der Waals surface area contributed by atoms with Crippen LogP contribution >= 0.6 is 0 Å². The van der Waals surface area contributed by atoms with Gasteiger partial charge in [-0.15, -0.1) is 0 Å². The first-order valence-corrected chi connectivity index (χ1v) is 7.12. The Morgan fingerprint density at radius 2 is 1.92 bits per heavy atom. The van der Waals surface area contributed by atoms with Crippen molar-refractivity contribution in [2.24, 2.45) is 0 Å². The van der Waals surface area contributed by atoms with E-state index in [9.17, 15) is 19.1 Å². The lowest BCUT2D eigenvalue weighted by Gasteiger charge is -2.16. The molecule has 0 saturated carbocycles. The van der Waals surface area contributed by atoms with E-state index in [-0.39, 0.29) is 16.9 Å².